The van der Waals surface area contributed by atoms with E-state index in [-0.39, 0.29) is 0 Å². The van der Waals surface area contributed by atoms with Crippen LogP contribution in [0.1, 0.15) is 11.1 Å². The lowest BCUT2D eigenvalue weighted by atomic mass is 9.96. The number of aromatic nitrogens is 4. The van der Waals surface area contributed by atoms with Gasteiger partial charge in [0.1, 0.15) is 11.5 Å². The molecule has 0 aliphatic carbocycles. The fraction of sp³-hybridized carbons (Fsp3) is 0.174. The number of hydrogen-bond donors (Lipinski definition) is 0. The van der Waals surface area contributed by atoms with Crippen LogP contribution in [0, 0.1) is 0 Å². The molecule has 0 spiro atoms. The van der Waals surface area contributed by atoms with E-state index < -0.39 is 0 Å². The van der Waals surface area contributed by atoms with E-state index in [0.29, 0.717) is 17.4 Å². The van der Waals surface area contributed by atoms with Crippen molar-refractivity contribution in [1.29, 1.82) is 0 Å². The van der Waals surface area contributed by atoms with Gasteiger partial charge in [-0.3, -0.25) is 9.67 Å². The van der Waals surface area contributed by atoms with Gasteiger partial charge in [0.2, 0.25) is 0 Å². The molecule has 4 aromatic rings. The molecule has 0 bridgehead atoms. The van der Waals surface area contributed by atoms with Crippen molar-refractivity contribution in [2.75, 3.05) is 20.1 Å². The minimum Gasteiger partial charge on any atom is -0.497 e. The van der Waals surface area contributed by atoms with Crippen LogP contribution in [0.25, 0.3) is 27.9 Å². The van der Waals surface area contributed by atoms with Gasteiger partial charge in [-0.05, 0) is 41.0 Å². The molecular weight excluding hydrogens is 400 g/mol. The van der Waals surface area contributed by atoms with Crippen molar-refractivity contribution >= 4 is 28.2 Å². The number of halogens is 1. The van der Waals surface area contributed by atoms with Crippen molar-refractivity contribution in [1.82, 2.24) is 19.7 Å². The average Bonchev–Trinajstić information content (AvgIpc) is 3.22. The van der Waals surface area contributed by atoms with Crippen molar-refractivity contribution in [3.8, 4) is 22.8 Å². The van der Waals surface area contributed by atoms with E-state index in [0.717, 1.165) is 39.0 Å². The quantitative estimate of drug-likeness (QED) is 0.422. The molecule has 2 aromatic carbocycles. The van der Waals surface area contributed by atoms with E-state index in [9.17, 15) is 0 Å². The molecule has 0 aliphatic heterocycles. The normalized spacial score (nSPS) is 11.7. The summed E-state index contributed by atoms with van der Waals surface area (Å²) in [5.41, 5.74) is 6.21. The molecule has 0 fully saturated rings. The Bertz CT molecular complexity index is 1210. The number of alkyl halides is 1. The molecule has 0 atom stereocenters. The van der Waals surface area contributed by atoms with Crippen LogP contribution in [0.2, 0.25) is 0 Å². The zero-order valence-corrected chi connectivity index (χ0v) is 17.7. The van der Waals surface area contributed by atoms with Crippen molar-refractivity contribution in [2.45, 2.75) is 0 Å². The number of aryl methyl sites for hydroxylation is 1. The fourth-order valence-corrected chi connectivity index (χ4v) is 3.47. The molecule has 0 N–H and O–H groups in total. The van der Waals surface area contributed by atoms with Gasteiger partial charge >= 0.3 is 0 Å². The van der Waals surface area contributed by atoms with E-state index in [4.69, 9.17) is 26.1 Å². The van der Waals surface area contributed by atoms with E-state index in [1.54, 1.807) is 31.3 Å². The van der Waals surface area contributed by atoms with Crippen molar-refractivity contribution in [2.24, 2.45) is 7.05 Å². The van der Waals surface area contributed by atoms with Gasteiger partial charge in [-0.25, -0.2) is 4.98 Å². The summed E-state index contributed by atoms with van der Waals surface area (Å²) >= 11 is 6.09. The number of benzene rings is 2. The topological polar surface area (TPSA) is 62.1 Å². The Labute approximate surface area is 179 Å². The maximum atomic E-state index is 6.09. The Hall–Kier alpha value is -3.38. The molecule has 0 amide bonds. The van der Waals surface area contributed by atoms with Crippen LogP contribution < -0.4 is 9.47 Å². The summed E-state index contributed by atoms with van der Waals surface area (Å²) in [5.74, 6) is 1.79. The van der Waals surface area contributed by atoms with Gasteiger partial charge in [-0.15, -0.1) is 11.6 Å². The minimum absolute atomic E-state index is 0.369. The van der Waals surface area contributed by atoms with Crippen molar-refractivity contribution in [3.05, 3.63) is 72.2 Å². The summed E-state index contributed by atoms with van der Waals surface area (Å²) in [4.78, 5) is 9.35. The average molecular weight is 421 g/mol. The summed E-state index contributed by atoms with van der Waals surface area (Å²) in [6.45, 7) is 0. The van der Waals surface area contributed by atoms with Gasteiger partial charge in [0, 0.05) is 30.8 Å². The number of methoxy groups -OCH3 is 2. The molecule has 0 unspecified atom stereocenters. The van der Waals surface area contributed by atoms with E-state index in [1.807, 2.05) is 55.7 Å². The molecule has 0 aliphatic rings. The Morgan fingerprint density at radius 2 is 1.77 bits per heavy atom. The summed E-state index contributed by atoms with van der Waals surface area (Å²) in [6, 6.07) is 11.8. The predicted octanol–water partition coefficient (Wildman–Crippen LogP) is 4.72. The standard InChI is InChI=1S/C23H21ClN4O2/c1-28-14-17(12-26-28)23-13-25-21-5-4-15(10-22(21)27-23)20(6-7-24)16-8-18(29-2)11-19(9-16)30-3/h4-6,8-14H,7H2,1-3H3. The fourth-order valence-electron chi connectivity index (χ4n) is 3.31. The van der Waals surface area contributed by atoms with Gasteiger partial charge in [0.25, 0.3) is 0 Å². The summed E-state index contributed by atoms with van der Waals surface area (Å²) in [7, 11) is 5.14. The first-order chi connectivity index (χ1) is 14.6. The molecule has 0 radical (unpaired) electrons. The van der Waals surface area contributed by atoms with E-state index in [2.05, 4.69) is 10.1 Å². The van der Waals surface area contributed by atoms with Gasteiger partial charge in [-0.2, -0.15) is 5.10 Å². The third-order valence-corrected chi connectivity index (χ3v) is 4.95. The van der Waals surface area contributed by atoms with Crippen LogP contribution in [0.15, 0.2) is 61.1 Å². The predicted molar refractivity (Wildman–Crippen MR) is 119 cm³/mol. The molecule has 0 saturated carbocycles. The SMILES string of the molecule is COc1cc(OC)cc(C(=CCCl)c2ccc3ncc(-c4cnn(C)c4)nc3c2)c1. The first kappa shape index (κ1) is 19.9. The number of ether oxygens (including phenoxy) is 2. The highest BCUT2D eigenvalue weighted by atomic mass is 35.5. The molecular formula is C23H21ClN4O2. The third kappa shape index (κ3) is 4.00. The largest absolute Gasteiger partial charge is 0.497 e. The van der Waals surface area contributed by atoms with Crippen molar-refractivity contribution in [3.63, 3.8) is 0 Å². The molecule has 2 aromatic heterocycles. The zero-order chi connectivity index (χ0) is 21.1. The second kappa shape index (κ2) is 8.55. The highest BCUT2D eigenvalue weighted by Gasteiger charge is 2.12. The number of nitrogens with zero attached hydrogens (tertiary/aromatic N) is 4. The Balaban J connectivity index is 1.82. The smallest absolute Gasteiger partial charge is 0.123 e. The van der Waals surface area contributed by atoms with Crippen LogP contribution >= 0.6 is 11.6 Å². The van der Waals surface area contributed by atoms with Gasteiger partial charge in [0.05, 0.1) is 43.3 Å². The Morgan fingerprint density at radius 3 is 2.40 bits per heavy atom. The molecule has 30 heavy (non-hydrogen) atoms. The number of allylic oxidation sites excluding steroid dienone is 1. The Morgan fingerprint density at radius 1 is 1.00 bits per heavy atom. The molecule has 6 nitrogen and oxygen atoms in total. The lowest BCUT2D eigenvalue weighted by Crippen LogP contribution is -1.95. The monoisotopic (exact) mass is 420 g/mol. The van der Waals surface area contributed by atoms with E-state index in [1.165, 1.54) is 0 Å². The zero-order valence-electron chi connectivity index (χ0n) is 17.0. The van der Waals surface area contributed by atoms with Crippen LogP contribution in [0.3, 0.4) is 0 Å². The molecule has 4 rings (SSSR count). The molecule has 0 saturated heterocycles. The lowest BCUT2D eigenvalue weighted by Gasteiger charge is -2.13. The second-order valence-electron chi connectivity index (χ2n) is 6.73. The number of fused-ring (bicyclic) bond motifs is 1. The minimum atomic E-state index is 0.369. The number of hydrogen-bond acceptors (Lipinski definition) is 5. The highest BCUT2D eigenvalue weighted by Crippen LogP contribution is 2.32. The maximum absolute atomic E-state index is 6.09. The molecule has 2 heterocycles. The molecule has 7 heteroatoms. The van der Waals surface area contributed by atoms with E-state index >= 15 is 0 Å². The summed E-state index contributed by atoms with van der Waals surface area (Å²) < 4.78 is 12.6. The summed E-state index contributed by atoms with van der Waals surface area (Å²) in [5, 5.41) is 4.22. The van der Waals surface area contributed by atoms with Gasteiger partial charge < -0.3 is 9.47 Å². The van der Waals surface area contributed by atoms with Gasteiger partial charge in [-0.1, -0.05) is 12.1 Å². The third-order valence-electron chi connectivity index (χ3n) is 4.80. The van der Waals surface area contributed by atoms with Crippen LogP contribution in [-0.4, -0.2) is 39.8 Å². The first-order valence-electron chi connectivity index (χ1n) is 9.37. The maximum Gasteiger partial charge on any atom is 0.123 e. The van der Waals surface area contributed by atoms with Crippen LogP contribution in [0.5, 0.6) is 11.5 Å². The van der Waals surface area contributed by atoms with Gasteiger partial charge in [0.15, 0.2) is 0 Å². The first-order valence-corrected chi connectivity index (χ1v) is 9.90. The van der Waals surface area contributed by atoms with Crippen molar-refractivity contribution < 1.29 is 9.47 Å². The summed E-state index contributed by atoms with van der Waals surface area (Å²) in [6.07, 6.45) is 7.43. The molecule has 152 valence electrons. The van der Waals surface area contributed by atoms with Crippen LogP contribution in [0.4, 0.5) is 0 Å². The number of rotatable bonds is 6. The van der Waals surface area contributed by atoms with Crippen LogP contribution in [-0.2, 0) is 7.05 Å². The lowest BCUT2D eigenvalue weighted by molar-refractivity contribution is 0.394. The Kier molecular flexibility index (Phi) is 5.68. The highest BCUT2D eigenvalue weighted by molar-refractivity contribution is 6.19. The second-order valence-corrected chi connectivity index (χ2v) is 7.04.